The van der Waals surface area contributed by atoms with Crippen LogP contribution < -0.4 is 10.9 Å². The van der Waals surface area contributed by atoms with Crippen LogP contribution in [0.2, 0.25) is 0 Å². The maximum absolute atomic E-state index is 13.2. The van der Waals surface area contributed by atoms with Crippen molar-refractivity contribution in [3.63, 3.8) is 0 Å². The van der Waals surface area contributed by atoms with E-state index in [1.165, 1.54) is 11.1 Å². The number of aromatic nitrogens is 1. The number of aryl methyl sites for hydroxylation is 3. The highest BCUT2D eigenvalue weighted by Gasteiger charge is 2.17. The molecule has 1 heterocycles. The minimum absolute atomic E-state index is 0.156. The molecule has 0 saturated carbocycles. The van der Waals surface area contributed by atoms with E-state index in [1.54, 1.807) is 4.90 Å². The average Bonchev–Trinajstić information content (AvgIpc) is 2.82. The molecule has 2 amide bonds. The first-order chi connectivity index (χ1) is 16.4. The van der Waals surface area contributed by atoms with Gasteiger partial charge in [0.1, 0.15) is 0 Å². The number of hydrogen-bond donors (Lipinski definition) is 2. The molecule has 5 heteroatoms. The van der Waals surface area contributed by atoms with Crippen LogP contribution in [0.4, 0.5) is 4.79 Å². The Kier molecular flexibility index (Phi) is 7.12. The van der Waals surface area contributed by atoms with Crippen molar-refractivity contribution in [2.75, 3.05) is 6.54 Å². The van der Waals surface area contributed by atoms with Gasteiger partial charge in [-0.3, -0.25) is 4.79 Å². The van der Waals surface area contributed by atoms with Gasteiger partial charge < -0.3 is 15.2 Å². The van der Waals surface area contributed by atoms with Crippen molar-refractivity contribution in [2.24, 2.45) is 0 Å². The maximum atomic E-state index is 13.2. The molecule has 0 aliphatic rings. The van der Waals surface area contributed by atoms with Crippen molar-refractivity contribution >= 4 is 16.9 Å². The molecule has 0 radical (unpaired) electrons. The van der Waals surface area contributed by atoms with Crippen LogP contribution in [0.15, 0.2) is 77.6 Å². The Balaban J connectivity index is 1.59. The van der Waals surface area contributed by atoms with Crippen molar-refractivity contribution in [1.82, 2.24) is 15.2 Å². The molecule has 4 rings (SSSR count). The van der Waals surface area contributed by atoms with Crippen LogP contribution in [0.5, 0.6) is 0 Å². The van der Waals surface area contributed by atoms with E-state index in [-0.39, 0.29) is 18.1 Å². The minimum Gasteiger partial charge on any atom is -0.334 e. The summed E-state index contributed by atoms with van der Waals surface area (Å²) in [6, 6.07) is 23.9. The second-order valence-corrected chi connectivity index (χ2v) is 8.91. The van der Waals surface area contributed by atoms with E-state index < -0.39 is 0 Å². The summed E-state index contributed by atoms with van der Waals surface area (Å²) in [5.74, 6) is 0. The van der Waals surface area contributed by atoms with Crippen LogP contribution in [0.25, 0.3) is 10.9 Å². The Morgan fingerprint density at radius 2 is 1.62 bits per heavy atom. The highest BCUT2D eigenvalue weighted by atomic mass is 16.2. The highest BCUT2D eigenvalue weighted by Crippen LogP contribution is 2.19. The third kappa shape index (κ3) is 5.54. The lowest BCUT2D eigenvalue weighted by molar-refractivity contribution is 0.195. The van der Waals surface area contributed by atoms with Gasteiger partial charge >= 0.3 is 6.03 Å². The van der Waals surface area contributed by atoms with Crippen molar-refractivity contribution in [1.29, 1.82) is 0 Å². The summed E-state index contributed by atoms with van der Waals surface area (Å²) in [5, 5.41) is 4.00. The zero-order chi connectivity index (χ0) is 24.1. The average molecular weight is 454 g/mol. The molecule has 34 heavy (non-hydrogen) atoms. The van der Waals surface area contributed by atoms with Gasteiger partial charge in [-0.25, -0.2) is 4.79 Å². The number of carbonyl (C=O) groups excluding carboxylic acids is 1. The van der Waals surface area contributed by atoms with Gasteiger partial charge in [-0.1, -0.05) is 66.2 Å². The van der Waals surface area contributed by atoms with E-state index in [0.717, 1.165) is 34.0 Å². The van der Waals surface area contributed by atoms with Crippen molar-refractivity contribution in [2.45, 2.75) is 40.3 Å². The Morgan fingerprint density at radius 3 is 2.38 bits per heavy atom. The van der Waals surface area contributed by atoms with E-state index in [4.69, 9.17) is 0 Å². The maximum Gasteiger partial charge on any atom is 0.317 e. The summed E-state index contributed by atoms with van der Waals surface area (Å²) in [4.78, 5) is 30.9. The largest absolute Gasteiger partial charge is 0.334 e. The van der Waals surface area contributed by atoms with Gasteiger partial charge in [-0.2, -0.15) is 0 Å². The van der Waals surface area contributed by atoms with Gasteiger partial charge in [-0.15, -0.1) is 0 Å². The number of urea groups is 1. The van der Waals surface area contributed by atoms with Crippen LogP contribution in [-0.2, 0) is 19.5 Å². The number of fused-ring (bicyclic) bond motifs is 1. The third-order valence-electron chi connectivity index (χ3n) is 6.22. The standard InChI is InChI=1S/C29H31N3O2/c1-20-15-22(3)27-25(16-20)17-26(28(33)31-27)19-32(14-13-24-12-8-7-9-21(24)2)29(34)30-18-23-10-5-4-6-11-23/h4-12,15-17H,13-14,18-19H2,1-3H3,(H,30,34)(H,31,33). The molecule has 0 fully saturated rings. The Hall–Kier alpha value is -3.86. The molecule has 4 aromatic rings. The van der Waals surface area contributed by atoms with Crippen LogP contribution in [0.3, 0.4) is 0 Å². The lowest BCUT2D eigenvalue weighted by atomic mass is 10.0. The number of amides is 2. The smallest absolute Gasteiger partial charge is 0.317 e. The number of benzene rings is 3. The normalized spacial score (nSPS) is 10.9. The molecular weight excluding hydrogens is 422 g/mol. The van der Waals surface area contributed by atoms with Crippen LogP contribution >= 0.6 is 0 Å². The molecule has 174 valence electrons. The van der Waals surface area contributed by atoms with Crippen molar-refractivity contribution in [3.05, 3.63) is 117 Å². The number of rotatable bonds is 7. The zero-order valence-electron chi connectivity index (χ0n) is 20.0. The second-order valence-electron chi connectivity index (χ2n) is 8.91. The van der Waals surface area contributed by atoms with E-state index in [0.29, 0.717) is 18.7 Å². The number of nitrogens with one attached hydrogen (secondary N) is 2. The van der Waals surface area contributed by atoms with Gasteiger partial charge in [0.2, 0.25) is 0 Å². The topological polar surface area (TPSA) is 65.2 Å². The molecule has 1 aromatic heterocycles. The minimum atomic E-state index is -0.183. The molecule has 2 N–H and O–H groups in total. The van der Waals surface area contributed by atoms with Gasteiger partial charge in [-0.05, 0) is 67.0 Å². The third-order valence-corrected chi connectivity index (χ3v) is 6.22. The van der Waals surface area contributed by atoms with Gasteiger partial charge in [0.25, 0.3) is 5.56 Å². The van der Waals surface area contributed by atoms with E-state index in [1.807, 2.05) is 62.4 Å². The molecule has 0 aliphatic heterocycles. The molecule has 3 aromatic carbocycles. The monoisotopic (exact) mass is 453 g/mol. The van der Waals surface area contributed by atoms with Crippen molar-refractivity contribution < 1.29 is 4.79 Å². The summed E-state index contributed by atoms with van der Waals surface area (Å²) >= 11 is 0. The SMILES string of the molecule is Cc1cc(C)c2[nH]c(=O)c(CN(CCc3ccccc3C)C(=O)NCc3ccccc3)cc2c1. The number of H-pyrrole nitrogens is 1. The van der Waals surface area contributed by atoms with Gasteiger partial charge in [0.15, 0.2) is 0 Å². The summed E-state index contributed by atoms with van der Waals surface area (Å²) in [7, 11) is 0. The Morgan fingerprint density at radius 1 is 0.882 bits per heavy atom. The molecule has 0 saturated heterocycles. The lowest BCUT2D eigenvalue weighted by Gasteiger charge is -2.24. The van der Waals surface area contributed by atoms with Crippen LogP contribution in [0, 0.1) is 20.8 Å². The lowest BCUT2D eigenvalue weighted by Crippen LogP contribution is -2.41. The molecule has 5 nitrogen and oxygen atoms in total. The predicted octanol–water partition coefficient (Wildman–Crippen LogP) is 5.41. The van der Waals surface area contributed by atoms with Crippen LogP contribution in [0.1, 0.15) is 33.4 Å². The number of pyridine rings is 1. The molecule has 0 unspecified atom stereocenters. The number of hydrogen-bond acceptors (Lipinski definition) is 2. The highest BCUT2D eigenvalue weighted by molar-refractivity contribution is 5.83. The summed E-state index contributed by atoms with van der Waals surface area (Å²) < 4.78 is 0. The first-order valence-corrected chi connectivity index (χ1v) is 11.6. The fraction of sp³-hybridized carbons (Fsp3) is 0.241. The summed E-state index contributed by atoms with van der Waals surface area (Å²) in [6.07, 6.45) is 0.717. The fourth-order valence-electron chi connectivity index (χ4n) is 4.34. The first kappa shape index (κ1) is 23.3. The molecular formula is C29H31N3O2. The zero-order valence-corrected chi connectivity index (χ0v) is 20.0. The number of nitrogens with zero attached hydrogens (tertiary/aromatic N) is 1. The fourth-order valence-corrected chi connectivity index (χ4v) is 4.34. The Labute approximate surface area is 200 Å². The van der Waals surface area contributed by atoms with Crippen molar-refractivity contribution in [3.8, 4) is 0 Å². The van der Waals surface area contributed by atoms with E-state index >= 15 is 0 Å². The van der Waals surface area contributed by atoms with E-state index in [2.05, 4.69) is 41.5 Å². The molecule has 0 bridgehead atoms. The molecule has 0 aliphatic carbocycles. The van der Waals surface area contributed by atoms with E-state index in [9.17, 15) is 9.59 Å². The van der Waals surface area contributed by atoms with Crippen LogP contribution in [-0.4, -0.2) is 22.5 Å². The number of aromatic amines is 1. The van der Waals surface area contributed by atoms with Gasteiger partial charge in [0.05, 0.1) is 12.1 Å². The van der Waals surface area contributed by atoms with Gasteiger partial charge in [0, 0.05) is 18.7 Å². The predicted molar refractivity (Wildman–Crippen MR) is 138 cm³/mol. The molecule has 0 spiro atoms. The molecule has 0 atom stereocenters. The first-order valence-electron chi connectivity index (χ1n) is 11.6. The summed E-state index contributed by atoms with van der Waals surface area (Å²) in [5.41, 5.74) is 6.87. The Bertz CT molecular complexity index is 1360. The summed E-state index contributed by atoms with van der Waals surface area (Å²) in [6.45, 7) is 7.31. The quantitative estimate of drug-likeness (QED) is 0.393. The number of carbonyl (C=O) groups is 1. The second kappa shape index (κ2) is 10.4.